The molecule has 0 saturated heterocycles. The van der Waals surface area contributed by atoms with Gasteiger partial charge in [0.25, 0.3) is 0 Å². The van der Waals surface area contributed by atoms with E-state index in [4.69, 9.17) is 0 Å². The monoisotopic (exact) mass is 272 g/mol. The van der Waals surface area contributed by atoms with E-state index in [0.29, 0.717) is 35.9 Å². The van der Waals surface area contributed by atoms with E-state index in [-0.39, 0.29) is 0 Å². The second-order valence-corrected chi connectivity index (χ2v) is 5.65. The van der Waals surface area contributed by atoms with E-state index in [0.717, 1.165) is 0 Å². The van der Waals surface area contributed by atoms with Gasteiger partial charge in [-0.25, -0.2) is 0 Å². The lowest BCUT2D eigenvalue weighted by Gasteiger charge is -2.13. The van der Waals surface area contributed by atoms with E-state index in [1.54, 1.807) is 11.9 Å². The Hall–Kier alpha value is -1.44. The van der Waals surface area contributed by atoms with Crippen LogP contribution in [0.2, 0.25) is 0 Å². The highest BCUT2D eigenvalue weighted by molar-refractivity contribution is 7.84. The van der Waals surface area contributed by atoms with Crippen LogP contribution >= 0.6 is 0 Å². The Morgan fingerprint density at radius 2 is 1.89 bits per heavy atom. The van der Waals surface area contributed by atoms with E-state index in [2.05, 4.69) is 25.6 Å². The number of anilines is 3. The van der Waals surface area contributed by atoms with Gasteiger partial charge in [-0.15, -0.1) is 0 Å². The van der Waals surface area contributed by atoms with Gasteiger partial charge >= 0.3 is 0 Å². The van der Waals surface area contributed by atoms with Crippen LogP contribution < -0.4 is 15.5 Å². The second-order valence-electron chi connectivity index (χ2n) is 3.79. The Balaban J connectivity index is 2.69. The fraction of sp³-hybridized carbons (Fsp3) is 0.700. The molecule has 1 aromatic heterocycles. The number of nitrogens with zero attached hydrogens (tertiary/aromatic N) is 4. The average molecular weight is 272 g/mol. The molecular formula is C10H20N6OS. The average Bonchev–Trinajstić information content (AvgIpc) is 2.37. The molecule has 0 aromatic carbocycles. The van der Waals surface area contributed by atoms with Crippen LogP contribution in [-0.2, 0) is 10.8 Å². The fourth-order valence-electron chi connectivity index (χ4n) is 1.18. The normalized spacial score (nSPS) is 12.0. The van der Waals surface area contributed by atoms with Gasteiger partial charge in [-0.05, 0) is 0 Å². The molecule has 0 bridgehead atoms. The van der Waals surface area contributed by atoms with Crippen LogP contribution in [0.4, 0.5) is 17.8 Å². The van der Waals surface area contributed by atoms with Crippen molar-refractivity contribution in [3.05, 3.63) is 0 Å². The van der Waals surface area contributed by atoms with E-state index >= 15 is 0 Å². The molecular weight excluding hydrogens is 252 g/mol. The van der Waals surface area contributed by atoms with E-state index in [1.807, 2.05) is 21.0 Å². The topological polar surface area (TPSA) is 83.0 Å². The Morgan fingerprint density at radius 3 is 2.44 bits per heavy atom. The van der Waals surface area contributed by atoms with Crippen molar-refractivity contribution in [2.75, 3.05) is 54.7 Å². The zero-order valence-electron chi connectivity index (χ0n) is 11.2. The van der Waals surface area contributed by atoms with Gasteiger partial charge in [-0.3, -0.25) is 4.21 Å². The molecule has 8 heteroatoms. The molecule has 1 heterocycles. The van der Waals surface area contributed by atoms with Crippen molar-refractivity contribution in [1.29, 1.82) is 0 Å². The summed E-state index contributed by atoms with van der Waals surface area (Å²) in [5.74, 6) is 2.84. The molecule has 1 atom stereocenters. The maximum atomic E-state index is 11.3. The number of nitrogens with one attached hydrogen (secondary N) is 2. The lowest BCUT2D eigenvalue weighted by atomic mass is 10.7. The van der Waals surface area contributed by atoms with Crippen LogP contribution in [-0.4, -0.2) is 58.4 Å². The predicted molar refractivity (Wildman–Crippen MR) is 75.7 cm³/mol. The third-order valence-electron chi connectivity index (χ3n) is 2.18. The highest BCUT2D eigenvalue weighted by Gasteiger charge is 2.07. The van der Waals surface area contributed by atoms with Gasteiger partial charge < -0.3 is 15.5 Å². The lowest BCUT2D eigenvalue weighted by Crippen LogP contribution is -2.18. The zero-order chi connectivity index (χ0) is 13.5. The zero-order valence-corrected chi connectivity index (χ0v) is 12.0. The van der Waals surface area contributed by atoms with Crippen molar-refractivity contribution >= 4 is 28.6 Å². The summed E-state index contributed by atoms with van der Waals surface area (Å²) in [4.78, 5) is 14.5. The molecule has 1 unspecified atom stereocenters. The molecule has 0 fully saturated rings. The van der Waals surface area contributed by atoms with Crippen LogP contribution in [0.25, 0.3) is 0 Å². The van der Waals surface area contributed by atoms with E-state index in [9.17, 15) is 4.21 Å². The van der Waals surface area contributed by atoms with Crippen molar-refractivity contribution < 1.29 is 4.21 Å². The molecule has 0 aliphatic carbocycles. The van der Waals surface area contributed by atoms with Crippen LogP contribution in [0, 0.1) is 0 Å². The van der Waals surface area contributed by atoms with Gasteiger partial charge in [0.15, 0.2) is 0 Å². The molecule has 1 rings (SSSR count). The van der Waals surface area contributed by atoms with Crippen LogP contribution in [0.3, 0.4) is 0 Å². The quantitative estimate of drug-likeness (QED) is 0.731. The van der Waals surface area contributed by atoms with E-state index < -0.39 is 10.8 Å². The first-order valence-corrected chi connectivity index (χ1v) is 7.25. The largest absolute Gasteiger partial charge is 0.357 e. The molecule has 0 amide bonds. The molecule has 102 valence electrons. The van der Waals surface area contributed by atoms with Crippen LogP contribution in [0.15, 0.2) is 0 Å². The molecule has 0 spiro atoms. The Labute approximate surface area is 110 Å². The number of hydrogen-bond acceptors (Lipinski definition) is 7. The maximum absolute atomic E-state index is 11.3. The van der Waals surface area contributed by atoms with Gasteiger partial charge in [0, 0.05) is 50.0 Å². The van der Waals surface area contributed by atoms with E-state index in [1.165, 1.54) is 0 Å². The van der Waals surface area contributed by atoms with Crippen molar-refractivity contribution in [1.82, 2.24) is 15.0 Å². The first kappa shape index (κ1) is 14.6. The molecule has 2 N–H and O–H groups in total. The third-order valence-corrected chi connectivity index (χ3v) is 3.49. The summed E-state index contributed by atoms with van der Waals surface area (Å²) in [6.07, 6.45) is 0. The summed E-state index contributed by atoms with van der Waals surface area (Å²) in [6, 6.07) is 0. The summed E-state index contributed by atoms with van der Waals surface area (Å²) in [6.45, 7) is 2.49. The first-order valence-electron chi connectivity index (χ1n) is 5.76. The first-order chi connectivity index (χ1) is 8.56. The lowest BCUT2D eigenvalue weighted by molar-refractivity contribution is 0.684. The van der Waals surface area contributed by atoms with Gasteiger partial charge in [-0.2, -0.15) is 15.0 Å². The summed E-state index contributed by atoms with van der Waals surface area (Å²) >= 11 is 0. The third kappa shape index (κ3) is 4.44. The molecule has 0 aliphatic heterocycles. The second kappa shape index (κ2) is 7.10. The molecule has 7 nitrogen and oxygen atoms in total. The van der Waals surface area contributed by atoms with Crippen molar-refractivity contribution in [2.24, 2.45) is 0 Å². The molecule has 0 aliphatic rings. The van der Waals surface area contributed by atoms with Crippen molar-refractivity contribution in [3.8, 4) is 0 Å². The molecule has 18 heavy (non-hydrogen) atoms. The van der Waals surface area contributed by atoms with Crippen molar-refractivity contribution in [3.63, 3.8) is 0 Å². The van der Waals surface area contributed by atoms with Gasteiger partial charge in [0.1, 0.15) is 0 Å². The number of rotatable bonds is 7. The highest BCUT2D eigenvalue weighted by Crippen LogP contribution is 2.10. The van der Waals surface area contributed by atoms with Crippen LogP contribution in [0.1, 0.15) is 6.92 Å². The smallest absolute Gasteiger partial charge is 0.231 e. The predicted octanol–water partition coefficient (Wildman–Crippen LogP) is 0.160. The molecule has 0 radical (unpaired) electrons. The number of hydrogen-bond donors (Lipinski definition) is 2. The Kier molecular flexibility index (Phi) is 5.76. The Morgan fingerprint density at radius 1 is 1.22 bits per heavy atom. The van der Waals surface area contributed by atoms with Crippen LogP contribution in [0.5, 0.6) is 0 Å². The van der Waals surface area contributed by atoms with Gasteiger partial charge in [0.05, 0.1) is 0 Å². The summed E-state index contributed by atoms with van der Waals surface area (Å²) in [5, 5.41) is 5.94. The molecule has 1 aromatic rings. The minimum Gasteiger partial charge on any atom is -0.357 e. The minimum absolute atomic E-state index is 0.492. The summed E-state index contributed by atoms with van der Waals surface area (Å²) in [7, 11) is 4.70. The molecule has 0 saturated carbocycles. The summed E-state index contributed by atoms with van der Waals surface area (Å²) in [5.41, 5.74) is 0. The maximum Gasteiger partial charge on any atom is 0.231 e. The SMILES string of the molecule is CCS(=O)CCNc1nc(NC)nc(N(C)C)n1. The van der Waals surface area contributed by atoms with Gasteiger partial charge in [-0.1, -0.05) is 6.92 Å². The van der Waals surface area contributed by atoms with Crippen molar-refractivity contribution in [2.45, 2.75) is 6.92 Å². The highest BCUT2D eigenvalue weighted by atomic mass is 32.2. The van der Waals surface area contributed by atoms with Gasteiger partial charge in [0.2, 0.25) is 17.8 Å². The number of aromatic nitrogens is 3. The fourth-order valence-corrected chi connectivity index (χ4v) is 1.80. The Bertz CT molecular complexity index is 411. The minimum atomic E-state index is -0.782. The standard InChI is InChI=1S/C10H20N6OS/c1-5-18(17)7-6-12-9-13-8(11-2)14-10(15-9)16(3)4/h5-7H2,1-4H3,(H2,11,12,13,14,15). The summed E-state index contributed by atoms with van der Waals surface area (Å²) < 4.78 is 11.3.